The van der Waals surface area contributed by atoms with Crippen molar-refractivity contribution in [3.8, 4) is 0 Å². The first-order valence-electron chi connectivity index (χ1n) is 10.3. The Balaban J connectivity index is 1.48. The highest BCUT2D eigenvalue weighted by atomic mass is 35.5. The van der Waals surface area contributed by atoms with Gasteiger partial charge in [-0.05, 0) is 48.5 Å². The van der Waals surface area contributed by atoms with Gasteiger partial charge >= 0.3 is 0 Å². The van der Waals surface area contributed by atoms with Crippen LogP contribution in [0.2, 0.25) is 5.02 Å². The van der Waals surface area contributed by atoms with Gasteiger partial charge in [-0.2, -0.15) is 0 Å². The molecule has 3 aromatic carbocycles. The highest BCUT2D eigenvalue weighted by Gasteiger charge is 2.12. The minimum atomic E-state index is -0.325. The van der Waals surface area contributed by atoms with Gasteiger partial charge in [0.15, 0.2) is 5.16 Å². The van der Waals surface area contributed by atoms with E-state index in [4.69, 9.17) is 11.6 Å². The zero-order chi connectivity index (χ0) is 23.9. The number of fused-ring (bicyclic) bond motifs is 1. The number of hydrogen-bond acceptors (Lipinski definition) is 6. The number of para-hydroxylation sites is 2. The van der Waals surface area contributed by atoms with Crippen molar-refractivity contribution in [2.24, 2.45) is 0 Å². The Bertz CT molecular complexity index is 1380. The van der Waals surface area contributed by atoms with Gasteiger partial charge in [-0.25, -0.2) is 9.97 Å². The summed E-state index contributed by atoms with van der Waals surface area (Å²) < 4.78 is 0. The number of carbonyl (C=O) groups excluding carboxylic acids is 2. The highest BCUT2D eigenvalue weighted by Crippen LogP contribution is 2.30. The molecule has 1 heterocycles. The van der Waals surface area contributed by atoms with Crippen molar-refractivity contribution < 1.29 is 9.59 Å². The van der Waals surface area contributed by atoms with Crippen LogP contribution in [0.1, 0.15) is 0 Å². The number of amides is 2. The van der Waals surface area contributed by atoms with E-state index in [-0.39, 0.29) is 17.6 Å². The first kappa shape index (κ1) is 23.3. The lowest BCUT2D eigenvalue weighted by atomic mass is 10.2. The molecule has 9 heteroatoms. The Kier molecular flexibility index (Phi) is 7.41. The number of hydrogen-bond donors (Lipinski definition) is 3. The van der Waals surface area contributed by atoms with Crippen LogP contribution in [0.3, 0.4) is 0 Å². The summed E-state index contributed by atoms with van der Waals surface area (Å²) in [5.41, 5.74) is 2.60. The summed E-state index contributed by atoms with van der Waals surface area (Å²) >= 11 is 7.52. The van der Waals surface area contributed by atoms with Gasteiger partial charge in [-0.1, -0.05) is 60.3 Å². The maximum atomic E-state index is 12.5. The van der Waals surface area contributed by atoms with Crippen LogP contribution in [-0.4, -0.2) is 27.5 Å². The molecule has 0 aliphatic heterocycles. The molecule has 0 unspecified atom stereocenters. The average Bonchev–Trinajstić information content (AvgIpc) is 2.84. The summed E-state index contributed by atoms with van der Waals surface area (Å²) in [7, 11) is 0. The number of benzene rings is 3. The van der Waals surface area contributed by atoms with Crippen LogP contribution >= 0.6 is 23.4 Å². The van der Waals surface area contributed by atoms with Crippen molar-refractivity contribution in [2.45, 2.75) is 5.16 Å². The van der Waals surface area contributed by atoms with Crippen molar-refractivity contribution in [2.75, 3.05) is 21.7 Å². The van der Waals surface area contributed by atoms with Gasteiger partial charge in [0.05, 0.1) is 22.0 Å². The number of halogens is 1. The van der Waals surface area contributed by atoms with E-state index < -0.39 is 0 Å². The zero-order valence-electron chi connectivity index (χ0n) is 17.9. The van der Waals surface area contributed by atoms with E-state index in [0.717, 1.165) is 16.6 Å². The molecule has 34 heavy (non-hydrogen) atoms. The third-order valence-corrected chi connectivity index (χ3v) is 5.82. The molecule has 0 spiro atoms. The Morgan fingerprint density at radius 2 is 1.68 bits per heavy atom. The number of nitrogens with zero attached hydrogens (tertiary/aromatic N) is 2. The Morgan fingerprint density at radius 3 is 2.47 bits per heavy atom. The van der Waals surface area contributed by atoms with E-state index in [1.54, 1.807) is 30.3 Å². The fraction of sp³-hybridized carbons (Fsp3) is 0.0400. The Morgan fingerprint density at radius 1 is 0.941 bits per heavy atom. The monoisotopic (exact) mass is 489 g/mol. The second-order valence-corrected chi connectivity index (χ2v) is 8.44. The van der Waals surface area contributed by atoms with Gasteiger partial charge in [0.2, 0.25) is 11.8 Å². The molecule has 4 aromatic rings. The van der Waals surface area contributed by atoms with Gasteiger partial charge in [-0.3, -0.25) is 9.59 Å². The van der Waals surface area contributed by atoms with Gasteiger partial charge < -0.3 is 16.0 Å². The molecule has 0 aliphatic carbocycles. The molecule has 0 atom stereocenters. The van der Waals surface area contributed by atoms with Crippen LogP contribution < -0.4 is 16.0 Å². The summed E-state index contributed by atoms with van der Waals surface area (Å²) in [5.74, 6) is 0.156. The Hall–Kier alpha value is -3.88. The summed E-state index contributed by atoms with van der Waals surface area (Å²) in [6, 6.07) is 21.9. The fourth-order valence-corrected chi connectivity index (χ4v) is 3.93. The van der Waals surface area contributed by atoms with Crippen LogP contribution in [0, 0.1) is 0 Å². The van der Waals surface area contributed by atoms with E-state index in [1.807, 2.05) is 42.5 Å². The molecule has 0 saturated carbocycles. The summed E-state index contributed by atoms with van der Waals surface area (Å²) in [6.07, 6.45) is 1.18. The van der Waals surface area contributed by atoms with Gasteiger partial charge in [0.1, 0.15) is 5.82 Å². The summed E-state index contributed by atoms with van der Waals surface area (Å²) in [4.78, 5) is 33.2. The normalized spacial score (nSPS) is 10.5. The van der Waals surface area contributed by atoms with Crippen molar-refractivity contribution in [1.29, 1.82) is 0 Å². The first-order chi connectivity index (χ1) is 16.5. The molecule has 0 fully saturated rings. The topological polar surface area (TPSA) is 96.0 Å². The van der Waals surface area contributed by atoms with Crippen LogP contribution in [-0.2, 0) is 9.59 Å². The number of thioether (sulfide) groups is 1. The lowest BCUT2D eigenvalue weighted by Crippen LogP contribution is -2.15. The zero-order valence-corrected chi connectivity index (χ0v) is 19.5. The van der Waals surface area contributed by atoms with Gasteiger partial charge in [0.25, 0.3) is 0 Å². The van der Waals surface area contributed by atoms with E-state index in [9.17, 15) is 9.59 Å². The maximum Gasteiger partial charge on any atom is 0.247 e. The van der Waals surface area contributed by atoms with Crippen LogP contribution in [0.25, 0.3) is 10.9 Å². The smallest absolute Gasteiger partial charge is 0.247 e. The standard InChI is InChI=1S/C25H20ClN5O2S/c1-2-22(32)27-16-8-7-9-17(14-16)28-23(33)15-34-25-30-20-12-5-3-10-18(20)24(31-25)29-21-13-6-4-11-19(21)26/h2-14H,1,15H2,(H,27,32)(H,28,33)(H,29,30,31). The number of nitrogens with one attached hydrogen (secondary N) is 3. The van der Waals surface area contributed by atoms with Crippen LogP contribution in [0.5, 0.6) is 0 Å². The molecule has 1 aromatic heterocycles. The predicted molar refractivity (Wildman–Crippen MR) is 139 cm³/mol. The van der Waals surface area contributed by atoms with Crippen molar-refractivity contribution in [3.63, 3.8) is 0 Å². The van der Waals surface area contributed by atoms with Crippen molar-refractivity contribution in [3.05, 3.63) is 90.5 Å². The third-order valence-electron chi connectivity index (χ3n) is 4.64. The summed E-state index contributed by atoms with van der Waals surface area (Å²) in [5, 5.41) is 10.6. The molecule has 3 N–H and O–H groups in total. The number of carbonyl (C=O) groups is 2. The number of rotatable bonds is 8. The van der Waals surface area contributed by atoms with E-state index >= 15 is 0 Å². The predicted octanol–water partition coefficient (Wildman–Crippen LogP) is 5.88. The van der Waals surface area contributed by atoms with E-state index in [2.05, 4.69) is 32.5 Å². The fourth-order valence-electron chi connectivity index (χ4n) is 3.10. The molecule has 0 radical (unpaired) electrons. The van der Waals surface area contributed by atoms with Crippen LogP contribution in [0.15, 0.2) is 90.6 Å². The first-order valence-corrected chi connectivity index (χ1v) is 11.6. The minimum Gasteiger partial charge on any atom is -0.338 e. The maximum absolute atomic E-state index is 12.5. The molecule has 7 nitrogen and oxygen atoms in total. The largest absolute Gasteiger partial charge is 0.338 e. The van der Waals surface area contributed by atoms with E-state index in [1.165, 1.54) is 17.8 Å². The van der Waals surface area contributed by atoms with Gasteiger partial charge in [0, 0.05) is 16.8 Å². The van der Waals surface area contributed by atoms with Gasteiger partial charge in [-0.15, -0.1) is 0 Å². The molecule has 0 aliphatic rings. The van der Waals surface area contributed by atoms with Crippen molar-refractivity contribution in [1.82, 2.24) is 9.97 Å². The highest BCUT2D eigenvalue weighted by molar-refractivity contribution is 7.99. The molecule has 170 valence electrons. The lowest BCUT2D eigenvalue weighted by molar-refractivity contribution is -0.114. The number of aromatic nitrogens is 2. The van der Waals surface area contributed by atoms with Crippen molar-refractivity contribution >= 4 is 69.0 Å². The molecule has 0 saturated heterocycles. The molecule has 4 rings (SSSR count). The average molecular weight is 490 g/mol. The SMILES string of the molecule is C=CC(=O)Nc1cccc(NC(=O)CSc2nc(Nc3ccccc3Cl)c3ccccc3n2)c1. The summed E-state index contributed by atoms with van der Waals surface area (Å²) in [6.45, 7) is 3.43. The second kappa shape index (κ2) is 10.8. The molecule has 0 bridgehead atoms. The third kappa shape index (κ3) is 5.92. The van der Waals surface area contributed by atoms with Crippen LogP contribution in [0.4, 0.5) is 22.9 Å². The molecule has 2 amide bonds. The lowest BCUT2D eigenvalue weighted by Gasteiger charge is -2.12. The minimum absolute atomic E-state index is 0.104. The number of anilines is 4. The van der Waals surface area contributed by atoms with E-state index in [0.29, 0.717) is 27.4 Å². The second-order valence-electron chi connectivity index (χ2n) is 7.09. The molecular weight excluding hydrogens is 470 g/mol. The quantitative estimate of drug-likeness (QED) is 0.162. The Labute approximate surface area is 205 Å². The molecular formula is C25H20ClN5O2S.